The van der Waals surface area contributed by atoms with E-state index in [1.54, 1.807) is 30.3 Å². The Morgan fingerprint density at radius 1 is 1.15 bits per heavy atom. The van der Waals surface area contributed by atoms with Crippen molar-refractivity contribution in [2.24, 2.45) is 0 Å². The molecule has 1 aliphatic heterocycles. The van der Waals surface area contributed by atoms with Gasteiger partial charge < -0.3 is 19.3 Å². The van der Waals surface area contributed by atoms with Crippen LogP contribution >= 0.6 is 0 Å². The molecule has 0 aliphatic carbocycles. The third kappa shape index (κ3) is 4.39. The number of nitrogens with zero attached hydrogens (tertiary/aromatic N) is 3. The number of H-pyrrole nitrogens is 1. The van der Waals surface area contributed by atoms with Gasteiger partial charge >= 0.3 is 0 Å². The molecule has 5 aromatic rings. The predicted octanol–water partition coefficient (Wildman–Crippen LogP) is 5.44. The summed E-state index contributed by atoms with van der Waals surface area (Å²) in [6.07, 6.45) is 1.94. The van der Waals surface area contributed by atoms with E-state index in [2.05, 4.69) is 40.7 Å². The van der Waals surface area contributed by atoms with Gasteiger partial charge in [0.25, 0.3) is 5.91 Å². The van der Waals surface area contributed by atoms with E-state index in [1.165, 1.54) is 12.1 Å². The first kappa shape index (κ1) is 25.3. The maximum Gasteiger partial charge on any atom is 0.253 e. The Balaban J connectivity index is 1.59. The summed E-state index contributed by atoms with van der Waals surface area (Å²) < 4.78 is 21.8. The van der Waals surface area contributed by atoms with Crippen LogP contribution in [0.25, 0.3) is 38.6 Å². The molecule has 0 spiro atoms. The number of hydrogen-bond acceptors (Lipinski definition) is 4. The lowest BCUT2D eigenvalue weighted by atomic mass is 9.84. The van der Waals surface area contributed by atoms with Crippen molar-refractivity contribution in [3.05, 3.63) is 83.9 Å². The summed E-state index contributed by atoms with van der Waals surface area (Å²) in [5.41, 5.74) is 5.88. The Kier molecular flexibility index (Phi) is 6.24. The Bertz CT molecular complexity index is 1670. The van der Waals surface area contributed by atoms with Crippen molar-refractivity contribution >= 4 is 27.7 Å². The summed E-state index contributed by atoms with van der Waals surface area (Å²) >= 11 is 0. The van der Waals surface area contributed by atoms with E-state index in [1.807, 2.05) is 24.3 Å². The fourth-order valence-electron chi connectivity index (χ4n) is 5.83. The van der Waals surface area contributed by atoms with Gasteiger partial charge in [0.15, 0.2) is 0 Å². The van der Waals surface area contributed by atoms with Gasteiger partial charge in [-0.05, 0) is 60.5 Å². The monoisotopic (exact) mass is 526 g/mol. The Morgan fingerprint density at radius 2 is 1.90 bits per heavy atom. The minimum Gasteiger partial charge on any atom is -0.391 e. The lowest BCUT2D eigenvalue weighted by Crippen LogP contribution is -2.29. The summed E-state index contributed by atoms with van der Waals surface area (Å²) in [5, 5.41) is 19.2. The van der Waals surface area contributed by atoms with Crippen LogP contribution in [0.4, 0.5) is 4.39 Å². The second-order valence-corrected chi connectivity index (χ2v) is 10.9. The molecule has 1 saturated heterocycles. The highest BCUT2D eigenvalue weighted by Crippen LogP contribution is 2.44. The van der Waals surface area contributed by atoms with E-state index < -0.39 is 11.5 Å². The summed E-state index contributed by atoms with van der Waals surface area (Å²) in [6, 6.07) is 18.4. The average Bonchev–Trinajstić information content (AvgIpc) is 3.64. The average molecular weight is 527 g/mol. The second-order valence-electron chi connectivity index (χ2n) is 10.9. The number of β-amino-alcohol motifs (C(OH)–C–C–N with tert-alkyl or cyclic N) is 1. The van der Waals surface area contributed by atoms with E-state index >= 15 is 0 Å². The number of rotatable bonds is 6. The highest BCUT2D eigenvalue weighted by atomic mass is 19.1. The molecule has 6 rings (SSSR count). The number of carbonyl (C=O) groups excluding carboxylic acids is 1. The molecule has 1 atom stereocenters. The summed E-state index contributed by atoms with van der Waals surface area (Å²) in [7, 11) is 1.69. The number of aliphatic hydroxyl groups is 1. The Hall–Kier alpha value is -4.01. The molecular formula is C31H31FN4O3. The quantitative estimate of drug-likeness (QED) is 0.309. The van der Waals surface area contributed by atoms with Crippen LogP contribution in [-0.2, 0) is 10.2 Å². The first-order valence-corrected chi connectivity index (χ1v) is 13.1. The van der Waals surface area contributed by atoms with E-state index in [0.29, 0.717) is 31.7 Å². The highest BCUT2D eigenvalue weighted by molar-refractivity contribution is 6.06. The van der Waals surface area contributed by atoms with Crippen molar-refractivity contribution in [3.8, 4) is 16.8 Å². The zero-order valence-electron chi connectivity index (χ0n) is 22.2. The van der Waals surface area contributed by atoms with Gasteiger partial charge in [-0.2, -0.15) is 5.10 Å². The number of methoxy groups -OCH3 is 1. The number of amides is 1. The van der Waals surface area contributed by atoms with E-state index in [-0.39, 0.29) is 11.7 Å². The highest BCUT2D eigenvalue weighted by Gasteiger charge is 2.33. The van der Waals surface area contributed by atoms with Gasteiger partial charge in [0.05, 0.1) is 29.9 Å². The lowest BCUT2D eigenvalue weighted by molar-refractivity contribution is 0.0765. The molecule has 3 heterocycles. The van der Waals surface area contributed by atoms with Gasteiger partial charge in [0.1, 0.15) is 5.82 Å². The molecule has 39 heavy (non-hydrogen) atoms. The van der Waals surface area contributed by atoms with Crippen molar-refractivity contribution < 1.29 is 19.0 Å². The normalized spacial score (nSPS) is 16.0. The topological polar surface area (TPSA) is 83.4 Å². The molecule has 1 unspecified atom stereocenters. The van der Waals surface area contributed by atoms with Gasteiger partial charge in [-0.1, -0.05) is 26.0 Å². The molecule has 0 bridgehead atoms. The van der Waals surface area contributed by atoms with Crippen molar-refractivity contribution in [2.45, 2.75) is 31.8 Å². The number of halogens is 1. The second kappa shape index (κ2) is 9.63. The number of aliphatic hydroxyl groups excluding tert-OH is 1. The smallest absolute Gasteiger partial charge is 0.253 e. The summed E-state index contributed by atoms with van der Waals surface area (Å²) in [6.45, 7) is 5.66. The summed E-state index contributed by atoms with van der Waals surface area (Å²) in [5.74, 6) is -0.373. The maximum absolute atomic E-state index is 14.0. The number of benzene rings is 3. The molecule has 200 valence electrons. The van der Waals surface area contributed by atoms with Crippen molar-refractivity contribution in [1.29, 1.82) is 0 Å². The fourth-order valence-corrected chi connectivity index (χ4v) is 5.83. The molecule has 1 amide bonds. The Morgan fingerprint density at radius 3 is 2.56 bits per heavy atom. The number of carbonyl (C=O) groups is 1. The van der Waals surface area contributed by atoms with E-state index in [4.69, 9.17) is 4.74 Å². The third-order valence-corrected chi connectivity index (χ3v) is 7.63. The molecule has 0 radical (unpaired) electrons. The maximum atomic E-state index is 14.0. The first-order valence-electron chi connectivity index (χ1n) is 13.1. The van der Waals surface area contributed by atoms with Crippen LogP contribution in [0.5, 0.6) is 0 Å². The van der Waals surface area contributed by atoms with Gasteiger partial charge in [-0.3, -0.25) is 9.89 Å². The fraction of sp³-hybridized carbons (Fsp3) is 0.290. The molecule has 1 fully saturated rings. The van der Waals surface area contributed by atoms with Crippen LogP contribution in [0.2, 0.25) is 0 Å². The molecule has 3 aromatic carbocycles. The first-order chi connectivity index (χ1) is 18.8. The van der Waals surface area contributed by atoms with Gasteiger partial charge in [0.2, 0.25) is 0 Å². The third-order valence-electron chi connectivity index (χ3n) is 7.63. The zero-order valence-corrected chi connectivity index (χ0v) is 22.2. The lowest BCUT2D eigenvalue weighted by Gasteiger charge is -2.28. The number of hydrogen-bond donors (Lipinski definition) is 2. The summed E-state index contributed by atoms with van der Waals surface area (Å²) in [4.78, 5) is 14.7. The molecule has 2 N–H and O–H groups in total. The van der Waals surface area contributed by atoms with Gasteiger partial charge in [-0.15, -0.1) is 0 Å². The number of ether oxygens (including phenoxy) is 1. The van der Waals surface area contributed by atoms with Crippen LogP contribution in [0.3, 0.4) is 0 Å². The van der Waals surface area contributed by atoms with E-state index in [9.17, 15) is 14.3 Å². The number of nitrogens with one attached hydrogen (secondary N) is 1. The standard InChI is InChI=1S/C31H31FN4O3/c1-31(2,18-39-3)29-28(19-4-6-20(7-5-19)30(38)35-13-12-24(37)17-35)25-15-26-21(16-33-34-26)14-27(25)36(29)23-10-8-22(32)9-11-23/h4-11,14-16,24,37H,12-13,17-18H2,1-3H3,(H,33,34). The van der Waals surface area contributed by atoms with Crippen LogP contribution in [0.1, 0.15) is 36.3 Å². The largest absolute Gasteiger partial charge is 0.391 e. The number of fused-ring (bicyclic) bond motifs is 2. The number of aromatic nitrogens is 3. The number of aromatic amines is 1. The van der Waals surface area contributed by atoms with Crippen molar-refractivity contribution in [2.75, 3.05) is 26.8 Å². The van der Waals surface area contributed by atoms with Crippen LogP contribution in [0, 0.1) is 5.82 Å². The zero-order chi connectivity index (χ0) is 27.3. The van der Waals surface area contributed by atoms with Gasteiger partial charge in [0, 0.05) is 58.9 Å². The Labute approximate surface area is 225 Å². The molecule has 7 nitrogen and oxygen atoms in total. The van der Waals surface area contributed by atoms with Crippen molar-refractivity contribution in [3.63, 3.8) is 0 Å². The van der Waals surface area contributed by atoms with Crippen LogP contribution in [0.15, 0.2) is 66.9 Å². The number of likely N-dealkylation sites (tertiary alicyclic amines) is 1. The van der Waals surface area contributed by atoms with Crippen LogP contribution < -0.4 is 0 Å². The minimum atomic E-state index is -0.462. The molecule has 0 saturated carbocycles. The molecule has 1 aliphatic rings. The van der Waals surface area contributed by atoms with Crippen molar-refractivity contribution in [1.82, 2.24) is 19.7 Å². The van der Waals surface area contributed by atoms with E-state index in [0.717, 1.165) is 44.3 Å². The SMILES string of the molecule is COCC(C)(C)c1c(-c2ccc(C(=O)N3CCC(O)C3)cc2)c2cc3[nH]ncc3cc2n1-c1ccc(F)cc1. The van der Waals surface area contributed by atoms with Crippen LogP contribution in [-0.4, -0.2) is 63.6 Å². The predicted molar refractivity (Wildman–Crippen MR) is 150 cm³/mol. The molecule has 2 aromatic heterocycles. The molecular weight excluding hydrogens is 495 g/mol. The minimum absolute atomic E-state index is 0.0778. The van der Waals surface area contributed by atoms with Gasteiger partial charge in [-0.25, -0.2) is 4.39 Å². The molecule has 8 heteroatoms.